The smallest absolute Gasteiger partial charge is 0.340 e. The van der Waals surface area contributed by atoms with E-state index < -0.39 is 28.4 Å². The van der Waals surface area contributed by atoms with Crippen molar-refractivity contribution < 1.29 is 27.5 Å². The first-order valence-electron chi connectivity index (χ1n) is 10.1. The van der Waals surface area contributed by atoms with Crippen molar-refractivity contribution in [2.24, 2.45) is 0 Å². The number of esters is 1. The largest absolute Gasteiger partial charge is 0.497 e. The van der Waals surface area contributed by atoms with Crippen LogP contribution in [0.15, 0.2) is 83.8 Å². The maximum Gasteiger partial charge on any atom is 0.340 e. The molecule has 0 aliphatic rings. The molecule has 172 valence electrons. The van der Waals surface area contributed by atoms with Gasteiger partial charge in [0.2, 0.25) is 5.91 Å². The fourth-order valence-electron chi connectivity index (χ4n) is 3.10. The van der Waals surface area contributed by atoms with Gasteiger partial charge in [0.1, 0.15) is 12.3 Å². The summed E-state index contributed by atoms with van der Waals surface area (Å²) in [5.74, 6) is -0.780. The van der Waals surface area contributed by atoms with E-state index in [1.807, 2.05) is 0 Å². The van der Waals surface area contributed by atoms with Crippen LogP contribution in [0.4, 0.5) is 11.4 Å². The van der Waals surface area contributed by atoms with Gasteiger partial charge in [0.25, 0.3) is 10.0 Å². The van der Waals surface area contributed by atoms with Crippen LogP contribution in [0.2, 0.25) is 0 Å². The molecule has 0 aliphatic heterocycles. The second-order valence-corrected chi connectivity index (χ2v) is 8.70. The molecule has 3 aromatic carbocycles. The monoisotopic (exact) mass is 468 g/mol. The van der Waals surface area contributed by atoms with Crippen LogP contribution in [0.25, 0.3) is 0 Å². The summed E-state index contributed by atoms with van der Waals surface area (Å²) in [5, 5.41) is 2.63. The molecule has 0 heterocycles. The molecule has 0 atom stereocenters. The lowest BCUT2D eigenvalue weighted by molar-refractivity contribution is -0.114. The van der Waals surface area contributed by atoms with Crippen LogP contribution < -0.4 is 14.4 Å². The van der Waals surface area contributed by atoms with Crippen LogP contribution in [-0.2, 0) is 19.6 Å². The quantitative estimate of drug-likeness (QED) is 0.481. The van der Waals surface area contributed by atoms with Gasteiger partial charge in [-0.3, -0.25) is 9.10 Å². The second kappa shape index (κ2) is 10.6. The Bertz CT molecular complexity index is 1230. The highest BCUT2D eigenvalue weighted by Crippen LogP contribution is 2.27. The Balaban J connectivity index is 1.95. The number of carbonyl (C=O) groups is 2. The Labute approximate surface area is 192 Å². The van der Waals surface area contributed by atoms with Gasteiger partial charge in [-0.2, -0.15) is 0 Å². The number of carbonyl (C=O) groups excluding carboxylic acids is 2. The average molecular weight is 469 g/mol. The topological polar surface area (TPSA) is 102 Å². The van der Waals surface area contributed by atoms with Gasteiger partial charge in [0.05, 0.1) is 35.6 Å². The standard InChI is InChI=1S/C24H24N2O6S/c1-3-32-24(28)21-14-7-8-15-22(21)25-23(27)17-26(18-10-9-11-19(16-18)31-2)33(29,30)20-12-5-4-6-13-20/h4-16H,3,17H2,1-2H3,(H,25,27). The van der Waals surface area contributed by atoms with E-state index in [0.717, 1.165) is 4.31 Å². The Morgan fingerprint density at radius 2 is 1.64 bits per heavy atom. The summed E-state index contributed by atoms with van der Waals surface area (Å²) < 4.78 is 38.1. The first-order chi connectivity index (χ1) is 15.9. The van der Waals surface area contributed by atoms with E-state index in [2.05, 4.69) is 5.32 Å². The van der Waals surface area contributed by atoms with Crippen LogP contribution in [0, 0.1) is 0 Å². The van der Waals surface area contributed by atoms with Crippen LogP contribution in [-0.4, -0.2) is 40.6 Å². The Morgan fingerprint density at radius 1 is 0.939 bits per heavy atom. The maximum absolute atomic E-state index is 13.4. The van der Waals surface area contributed by atoms with Crippen LogP contribution >= 0.6 is 0 Å². The molecule has 1 N–H and O–H groups in total. The minimum Gasteiger partial charge on any atom is -0.497 e. The SMILES string of the molecule is CCOC(=O)c1ccccc1NC(=O)CN(c1cccc(OC)c1)S(=O)(=O)c1ccccc1. The molecule has 3 aromatic rings. The molecule has 0 unspecified atom stereocenters. The van der Waals surface area contributed by atoms with Crippen LogP contribution in [0.3, 0.4) is 0 Å². The van der Waals surface area contributed by atoms with Crippen molar-refractivity contribution in [3.05, 3.63) is 84.4 Å². The molecule has 0 radical (unpaired) electrons. The lowest BCUT2D eigenvalue weighted by Crippen LogP contribution is -2.38. The number of hydrogen-bond donors (Lipinski definition) is 1. The lowest BCUT2D eigenvalue weighted by Gasteiger charge is -2.24. The van der Waals surface area contributed by atoms with Crippen molar-refractivity contribution in [2.75, 3.05) is 29.9 Å². The minimum atomic E-state index is -4.08. The van der Waals surface area contributed by atoms with Crippen molar-refractivity contribution in [3.63, 3.8) is 0 Å². The van der Waals surface area contributed by atoms with Gasteiger partial charge in [0.15, 0.2) is 0 Å². The van der Waals surface area contributed by atoms with Crippen LogP contribution in [0.5, 0.6) is 5.75 Å². The maximum atomic E-state index is 13.4. The van der Waals surface area contributed by atoms with Crippen molar-refractivity contribution >= 4 is 33.3 Å². The number of sulfonamides is 1. The summed E-state index contributed by atoms with van der Waals surface area (Å²) in [6.07, 6.45) is 0. The summed E-state index contributed by atoms with van der Waals surface area (Å²) in [6.45, 7) is 1.33. The molecule has 0 saturated heterocycles. The van der Waals surface area contributed by atoms with Gasteiger partial charge in [0, 0.05) is 6.07 Å². The predicted molar refractivity (Wildman–Crippen MR) is 125 cm³/mol. The van der Waals surface area contributed by atoms with E-state index in [1.54, 1.807) is 61.5 Å². The third kappa shape index (κ3) is 5.69. The minimum absolute atomic E-state index is 0.0348. The Kier molecular flexibility index (Phi) is 7.68. The highest BCUT2D eigenvalue weighted by atomic mass is 32.2. The Morgan fingerprint density at radius 3 is 2.33 bits per heavy atom. The molecular formula is C24H24N2O6S. The number of nitrogens with one attached hydrogen (secondary N) is 1. The van der Waals surface area contributed by atoms with Crippen molar-refractivity contribution in [2.45, 2.75) is 11.8 Å². The molecular weight excluding hydrogens is 444 g/mol. The third-order valence-corrected chi connectivity index (χ3v) is 6.44. The third-order valence-electron chi connectivity index (χ3n) is 4.66. The summed E-state index contributed by atoms with van der Waals surface area (Å²) >= 11 is 0. The van der Waals surface area contributed by atoms with Gasteiger partial charge in [-0.1, -0.05) is 36.4 Å². The number of methoxy groups -OCH3 is 1. The van der Waals surface area contributed by atoms with E-state index >= 15 is 0 Å². The van der Waals surface area contributed by atoms with Crippen molar-refractivity contribution in [1.29, 1.82) is 0 Å². The molecule has 33 heavy (non-hydrogen) atoms. The van der Waals surface area contributed by atoms with E-state index in [9.17, 15) is 18.0 Å². The highest BCUT2D eigenvalue weighted by molar-refractivity contribution is 7.92. The van der Waals surface area contributed by atoms with Gasteiger partial charge in [-0.15, -0.1) is 0 Å². The molecule has 1 amide bonds. The molecule has 9 heteroatoms. The number of nitrogens with zero attached hydrogens (tertiary/aromatic N) is 1. The highest BCUT2D eigenvalue weighted by Gasteiger charge is 2.28. The number of para-hydroxylation sites is 1. The second-order valence-electron chi connectivity index (χ2n) is 6.84. The number of rotatable bonds is 9. The molecule has 0 aliphatic carbocycles. The summed E-state index contributed by atoms with van der Waals surface area (Å²) in [6, 6.07) is 20.6. The average Bonchev–Trinajstić information content (AvgIpc) is 2.83. The van der Waals surface area contributed by atoms with Crippen molar-refractivity contribution in [1.82, 2.24) is 0 Å². The van der Waals surface area contributed by atoms with Crippen LogP contribution in [0.1, 0.15) is 17.3 Å². The number of benzene rings is 3. The fourth-order valence-corrected chi connectivity index (χ4v) is 4.53. The summed E-state index contributed by atoms with van der Waals surface area (Å²) in [4.78, 5) is 25.2. The zero-order valence-corrected chi connectivity index (χ0v) is 19.0. The zero-order valence-electron chi connectivity index (χ0n) is 18.2. The number of anilines is 2. The normalized spacial score (nSPS) is 10.8. The van der Waals surface area contributed by atoms with E-state index in [-0.39, 0.29) is 28.4 Å². The molecule has 0 fully saturated rings. The molecule has 0 spiro atoms. The van der Waals surface area contributed by atoms with Gasteiger partial charge < -0.3 is 14.8 Å². The summed E-state index contributed by atoms with van der Waals surface area (Å²) in [5.41, 5.74) is 0.655. The van der Waals surface area contributed by atoms with E-state index in [4.69, 9.17) is 9.47 Å². The molecule has 0 saturated carbocycles. The summed E-state index contributed by atoms with van der Waals surface area (Å²) in [7, 11) is -2.61. The van der Waals surface area contributed by atoms with E-state index in [0.29, 0.717) is 5.75 Å². The molecule has 0 aromatic heterocycles. The first-order valence-corrected chi connectivity index (χ1v) is 11.6. The predicted octanol–water partition coefficient (Wildman–Crippen LogP) is 3.71. The Hall–Kier alpha value is -3.85. The van der Waals surface area contributed by atoms with Gasteiger partial charge in [-0.25, -0.2) is 13.2 Å². The molecule has 0 bridgehead atoms. The van der Waals surface area contributed by atoms with Gasteiger partial charge in [-0.05, 0) is 43.3 Å². The van der Waals surface area contributed by atoms with E-state index in [1.165, 1.54) is 31.4 Å². The number of hydrogen-bond acceptors (Lipinski definition) is 6. The van der Waals surface area contributed by atoms with Crippen molar-refractivity contribution in [3.8, 4) is 5.75 Å². The van der Waals surface area contributed by atoms with Gasteiger partial charge >= 0.3 is 5.97 Å². The first kappa shape index (κ1) is 23.8. The number of amides is 1. The zero-order chi connectivity index (χ0) is 23.8. The lowest BCUT2D eigenvalue weighted by atomic mass is 10.2. The fraction of sp³-hybridized carbons (Fsp3) is 0.167. The molecule has 8 nitrogen and oxygen atoms in total. The number of ether oxygens (including phenoxy) is 2. The molecule has 3 rings (SSSR count).